The maximum Gasteiger partial charge on any atom is 0.222 e. The molecule has 2 rings (SSSR count). The van der Waals surface area contributed by atoms with Crippen LogP contribution in [0.15, 0.2) is 0 Å². The Morgan fingerprint density at radius 1 is 1.25 bits per heavy atom. The van der Waals surface area contributed by atoms with Crippen molar-refractivity contribution < 1.29 is 9.90 Å². The highest BCUT2D eigenvalue weighted by atomic mass is 16.3. The zero-order valence-electron chi connectivity index (χ0n) is 9.82. The molecule has 0 saturated carbocycles. The lowest BCUT2D eigenvalue weighted by molar-refractivity contribution is -0.138. The highest BCUT2D eigenvalue weighted by Gasteiger charge is 2.29. The van der Waals surface area contributed by atoms with Crippen molar-refractivity contribution in [2.75, 3.05) is 32.8 Å². The molecule has 0 atom stereocenters. The third-order valence-corrected chi connectivity index (χ3v) is 3.79. The Morgan fingerprint density at radius 3 is 2.56 bits per heavy atom. The summed E-state index contributed by atoms with van der Waals surface area (Å²) in [4.78, 5) is 13.6. The smallest absolute Gasteiger partial charge is 0.222 e. The Hall–Kier alpha value is -0.610. The number of nitrogens with zero attached hydrogens (tertiary/aromatic N) is 1. The van der Waals surface area contributed by atoms with Crippen LogP contribution in [0.5, 0.6) is 0 Å². The SMILES string of the molecule is O=C(CCC1CCNCC1)N1CC(CO)C1. The van der Waals surface area contributed by atoms with Crippen LogP contribution in [0.4, 0.5) is 0 Å². The molecule has 0 spiro atoms. The minimum absolute atomic E-state index is 0.220. The van der Waals surface area contributed by atoms with Gasteiger partial charge in [0, 0.05) is 32.0 Å². The average molecular weight is 226 g/mol. The number of carbonyl (C=O) groups excluding carboxylic acids is 1. The first-order chi connectivity index (χ1) is 7.79. The minimum Gasteiger partial charge on any atom is -0.396 e. The molecular weight excluding hydrogens is 204 g/mol. The van der Waals surface area contributed by atoms with E-state index in [1.54, 1.807) is 0 Å². The van der Waals surface area contributed by atoms with Crippen molar-refractivity contribution in [3.05, 3.63) is 0 Å². The first-order valence-electron chi connectivity index (χ1n) is 6.39. The highest BCUT2D eigenvalue weighted by molar-refractivity contribution is 5.77. The second-order valence-electron chi connectivity index (χ2n) is 5.08. The van der Waals surface area contributed by atoms with Crippen LogP contribution in [-0.2, 0) is 4.79 Å². The van der Waals surface area contributed by atoms with Gasteiger partial charge in [0.2, 0.25) is 5.91 Å². The molecular formula is C12H22N2O2. The van der Waals surface area contributed by atoms with E-state index in [9.17, 15) is 4.79 Å². The molecule has 0 aliphatic carbocycles. The van der Waals surface area contributed by atoms with Gasteiger partial charge in [-0.05, 0) is 38.3 Å². The van der Waals surface area contributed by atoms with Gasteiger partial charge in [0.05, 0.1) is 0 Å². The fraction of sp³-hybridized carbons (Fsp3) is 0.917. The molecule has 2 fully saturated rings. The molecule has 2 aliphatic rings. The summed E-state index contributed by atoms with van der Waals surface area (Å²) in [5.41, 5.74) is 0. The molecule has 0 radical (unpaired) electrons. The largest absolute Gasteiger partial charge is 0.396 e. The molecule has 0 unspecified atom stereocenters. The number of nitrogens with one attached hydrogen (secondary N) is 1. The number of aliphatic hydroxyl groups is 1. The second-order valence-corrected chi connectivity index (χ2v) is 5.08. The van der Waals surface area contributed by atoms with Crippen molar-refractivity contribution in [3.8, 4) is 0 Å². The van der Waals surface area contributed by atoms with E-state index < -0.39 is 0 Å². The molecule has 4 heteroatoms. The van der Waals surface area contributed by atoms with Gasteiger partial charge in [-0.3, -0.25) is 4.79 Å². The van der Waals surface area contributed by atoms with Gasteiger partial charge in [0.15, 0.2) is 0 Å². The third kappa shape index (κ3) is 2.95. The van der Waals surface area contributed by atoms with Crippen LogP contribution >= 0.6 is 0 Å². The lowest BCUT2D eigenvalue weighted by Crippen LogP contribution is -2.51. The van der Waals surface area contributed by atoms with Crippen LogP contribution in [0.25, 0.3) is 0 Å². The molecule has 0 aromatic carbocycles. The second kappa shape index (κ2) is 5.64. The number of piperidine rings is 1. The van der Waals surface area contributed by atoms with Crippen LogP contribution in [0, 0.1) is 11.8 Å². The van der Waals surface area contributed by atoms with Crippen LogP contribution in [-0.4, -0.2) is 48.7 Å². The summed E-state index contributed by atoms with van der Waals surface area (Å²) in [5.74, 6) is 1.35. The van der Waals surface area contributed by atoms with Crippen LogP contribution in [0.1, 0.15) is 25.7 Å². The van der Waals surface area contributed by atoms with Gasteiger partial charge in [-0.2, -0.15) is 0 Å². The Bertz CT molecular complexity index is 233. The van der Waals surface area contributed by atoms with E-state index in [0.29, 0.717) is 12.3 Å². The molecule has 1 amide bonds. The number of amides is 1. The number of hydrogen-bond donors (Lipinski definition) is 2. The molecule has 2 N–H and O–H groups in total. The van der Waals surface area contributed by atoms with Crippen LogP contribution < -0.4 is 5.32 Å². The summed E-state index contributed by atoms with van der Waals surface area (Å²) in [5, 5.41) is 12.2. The van der Waals surface area contributed by atoms with Crippen LogP contribution in [0.3, 0.4) is 0 Å². The van der Waals surface area contributed by atoms with Crippen molar-refractivity contribution in [3.63, 3.8) is 0 Å². The van der Waals surface area contributed by atoms with Crippen molar-refractivity contribution in [1.29, 1.82) is 0 Å². The summed E-state index contributed by atoms with van der Waals surface area (Å²) in [7, 11) is 0. The zero-order chi connectivity index (χ0) is 11.4. The average Bonchev–Trinajstić information content (AvgIpc) is 2.26. The van der Waals surface area contributed by atoms with Crippen molar-refractivity contribution in [1.82, 2.24) is 10.2 Å². The molecule has 0 aromatic heterocycles. The Balaban J connectivity index is 1.60. The number of hydrogen-bond acceptors (Lipinski definition) is 3. The van der Waals surface area contributed by atoms with Gasteiger partial charge in [-0.25, -0.2) is 0 Å². The van der Waals surface area contributed by atoms with E-state index >= 15 is 0 Å². The molecule has 0 aromatic rings. The molecule has 92 valence electrons. The molecule has 0 bridgehead atoms. The monoisotopic (exact) mass is 226 g/mol. The number of carbonyl (C=O) groups is 1. The Kier molecular flexibility index (Phi) is 4.18. The predicted molar refractivity (Wildman–Crippen MR) is 62.0 cm³/mol. The minimum atomic E-state index is 0.220. The molecule has 4 nitrogen and oxygen atoms in total. The van der Waals surface area contributed by atoms with Crippen molar-refractivity contribution in [2.45, 2.75) is 25.7 Å². The van der Waals surface area contributed by atoms with E-state index in [0.717, 1.165) is 38.5 Å². The summed E-state index contributed by atoms with van der Waals surface area (Å²) in [6.07, 6.45) is 4.17. The van der Waals surface area contributed by atoms with Gasteiger partial charge in [-0.1, -0.05) is 0 Å². The maximum absolute atomic E-state index is 11.8. The first-order valence-corrected chi connectivity index (χ1v) is 6.39. The van der Waals surface area contributed by atoms with Gasteiger partial charge >= 0.3 is 0 Å². The summed E-state index contributed by atoms with van der Waals surface area (Å²) in [6, 6.07) is 0. The molecule has 2 aliphatic heterocycles. The Labute approximate surface area is 97.0 Å². The predicted octanol–water partition coefficient (Wildman–Crippen LogP) is 0.217. The van der Waals surface area contributed by atoms with E-state index in [1.165, 1.54) is 12.8 Å². The Morgan fingerprint density at radius 2 is 1.94 bits per heavy atom. The lowest BCUT2D eigenvalue weighted by Gasteiger charge is -2.38. The summed E-state index contributed by atoms with van der Waals surface area (Å²) >= 11 is 0. The van der Waals surface area contributed by atoms with E-state index in [4.69, 9.17) is 5.11 Å². The molecule has 2 saturated heterocycles. The summed E-state index contributed by atoms with van der Waals surface area (Å²) in [6.45, 7) is 3.96. The highest BCUT2D eigenvalue weighted by Crippen LogP contribution is 2.21. The standard InChI is InChI=1S/C12H22N2O2/c15-9-11-7-14(8-11)12(16)2-1-10-3-5-13-6-4-10/h10-11,13,15H,1-9H2. The van der Waals surface area contributed by atoms with Crippen molar-refractivity contribution >= 4 is 5.91 Å². The number of rotatable bonds is 4. The molecule has 2 heterocycles. The normalized spacial score (nSPS) is 23.2. The first kappa shape index (κ1) is 11.9. The van der Waals surface area contributed by atoms with Gasteiger partial charge in [-0.15, -0.1) is 0 Å². The zero-order valence-corrected chi connectivity index (χ0v) is 9.82. The van der Waals surface area contributed by atoms with Crippen molar-refractivity contribution in [2.24, 2.45) is 11.8 Å². The fourth-order valence-corrected chi connectivity index (χ4v) is 2.55. The number of likely N-dealkylation sites (tertiary alicyclic amines) is 1. The van der Waals surface area contributed by atoms with E-state index in [1.807, 2.05) is 4.90 Å². The molecule has 16 heavy (non-hydrogen) atoms. The van der Waals surface area contributed by atoms with E-state index in [2.05, 4.69) is 5.32 Å². The summed E-state index contributed by atoms with van der Waals surface area (Å²) < 4.78 is 0. The van der Waals surface area contributed by atoms with Crippen LogP contribution in [0.2, 0.25) is 0 Å². The number of aliphatic hydroxyl groups excluding tert-OH is 1. The topological polar surface area (TPSA) is 52.6 Å². The van der Waals surface area contributed by atoms with Gasteiger partial charge in [0.25, 0.3) is 0 Å². The quantitative estimate of drug-likeness (QED) is 0.721. The fourth-order valence-electron chi connectivity index (χ4n) is 2.55. The maximum atomic E-state index is 11.8. The van der Waals surface area contributed by atoms with Gasteiger partial charge < -0.3 is 15.3 Å². The van der Waals surface area contributed by atoms with E-state index in [-0.39, 0.29) is 12.5 Å². The third-order valence-electron chi connectivity index (χ3n) is 3.79. The lowest BCUT2D eigenvalue weighted by atomic mass is 9.92. The van der Waals surface area contributed by atoms with Gasteiger partial charge in [0.1, 0.15) is 0 Å².